The third kappa shape index (κ3) is 2.69. The summed E-state index contributed by atoms with van der Waals surface area (Å²) < 4.78 is 0. The molecule has 2 fully saturated rings. The molecular weight excluding hydrogens is 254 g/mol. The molecule has 2 atom stereocenters. The van der Waals surface area contributed by atoms with E-state index in [1.807, 2.05) is 12.1 Å². The summed E-state index contributed by atoms with van der Waals surface area (Å²) in [7, 11) is 0. The minimum atomic E-state index is -0.293. The normalized spacial score (nSPS) is 26.4. The van der Waals surface area contributed by atoms with Gasteiger partial charge in [-0.25, -0.2) is 0 Å². The molecule has 2 unspecified atom stereocenters. The molecule has 2 saturated heterocycles. The summed E-state index contributed by atoms with van der Waals surface area (Å²) in [6.07, 6.45) is 5.04. The largest absolute Gasteiger partial charge is 0.308 e. The number of hydrogen-bond donors (Lipinski definition) is 1. The molecule has 0 saturated carbocycles. The Balaban J connectivity index is 1.64. The van der Waals surface area contributed by atoms with Crippen LogP contribution in [0.15, 0.2) is 24.3 Å². The predicted octanol–water partition coefficient (Wildman–Crippen LogP) is 2.31. The molecule has 2 heterocycles. The average Bonchev–Trinajstić information content (AvgIpc) is 2.88. The van der Waals surface area contributed by atoms with E-state index in [4.69, 9.17) is 0 Å². The molecule has 3 rings (SSSR count). The van der Waals surface area contributed by atoms with Gasteiger partial charge in [0.05, 0.1) is 4.92 Å². The van der Waals surface area contributed by atoms with Crippen LogP contribution < -0.4 is 5.32 Å². The van der Waals surface area contributed by atoms with Crippen molar-refractivity contribution in [2.75, 3.05) is 13.1 Å². The van der Waals surface area contributed by atoms with Crippen LogP contribution in [0.5, 0.6) is 0 Å². The zero-order valence-corrected chi connectivity index (χ0v) is 11.6. The molecule has 0 amide bonds. The highest BCUT2D eigenvalue weighted by Crippen LogP contribution is 2.27. The number of rotatable bonds is 4. The van der Waals surface area contributed by atoms with Crippen molar-refractivity contribution < 1.29 is 4.92 Å². The molecule has 0 aromatic heterocycles. The molecular formula is C15H21N3O2. The average molecular weight is 275 g/mol. The van der Waals surface area contributed by atoms with Crippen molar-refractivity contribution in [1.82, 2.24) is 10.2 Å². The summed E-state index contributed by atoms with van der Waals surface area (Å²) in [6, 6.07) is 8.13. The second kappa shape index (κ2) is 5.89. The standard InChI is InChI=1S/C15H21N3O2/c19-18(20)14-6-2-1-5-12(14)11-16-13-8-10-17-9-4-3-7-15(13)17/h1-2,5-6,13,15-16H,3-4,7-11H2. The Hall–Kier alpha value is -1.46. The number of nitrogens with zero attached hydrogens (tertiary/aromatic N) is 2. The lowest BCUT2D eigenvalue weighted by Gasteiger charge is -2.32. The van der Waals surface area contributed by atoms with E-state index in [2.05, 4.69) is 10.2 Å². The zero-order valence-electron chi connectivity index (χ0n) is 11.6. The number of benzene rings is 1. The van der Waals surface area contributed by atoms with Crippen LogP contribution in [0, 0.1) is 10.1 Å². The zero-order chi connectivity index (χ0) is 13.9. The fourth-order valence-corrected chi connectivity index (χ4v) is 3.56. The first-order valence-corrected chi connectivity index (χ1v) is 7.45. The van der Waals surface area contributed by atoms with E-state index >= 15 is 0 Å². The van der Waals surface area contributed by atoms with Crippen LogP contribution in [0.2, 0.25) is 0 Å². The van der Waals surface area contributed by atoms with Crippen LogP contribution in [0.1, 0.15) is 31.2 Å². The number of nitrogens with one attached hydrogen (secondary N) is 1. The van der Waals surface area contributed by atoms with Gasteiger partial charge in [0.1, 0.15) is 0 Å². The van der Waals surface area contributed by atoms with E-state index in [0.717, 1.165) is 12.0 Å². The molecule has 2 aliphatic rings. The lowest BCUT2D eigenvalue weighted by Crippen LogP contribution is -2.44. The third-order valence-electron chi connectivity index (χ3n) is 4.60. The summed E-state index contributed by atoms with van der Waals surface area (Å²) in [5, 5.41) is 14.6. The van der Waals surface area contributed by atoms with Gasteiger partial charge in [-0.15, -0.1) is 0 Å². The molecule has 1 aromatic rings. The van der Waals surface area contributed by atoms with E-state index in [0.29, 0.717) is 18.6 Å². The van der Waals surface area contributed by atoms with Crippen molar-refractivity contribution in [3.63, 3.8) is 0 Å². The number of nitro benzene ring substituents is 1. The first-order valence-electron chi connectivity index (χ1n) is 7.45. The Morgan fingerprint density at radius 2 is 2.10 bits per heavy atom. The monoisotopic (exact) mass is 275 g/mol. The number of nitro groups is 1. The van der Waals surface area contributed by atoms with Gasteiger partial charge in [-0.1, -0.05) is 24.6 Å². The van der Waals surface area contributed by atoms with Crippen LogP contribution in [0.4, 0.5) is 5.69 Å². The van der Waals surface area contributed by atoms with Gasteiger partial charge in [-0.05, 0) is 25.8 Å². The van der Waals surface area contributed by atoms with Crippen LogP contribution in [-0.2, 0) is 6.54 Å². The Kier molecular flexibility index (Phi) is 3.98. The van der Waals surface area contributed by atoms with Crippen LogP contribution in [0.3, 0.4) is 0 Å². The number of piperidine rings is 1. The molecule has 0 bridgehead atoms. The van der Waals surface area contributed by atoms with Gasteiger partial charge in [0, 0.05) is 36.8 Å². The number of fused-ring (bicyclic) bond motifs is 1. The van der Waals surface area contributed by atoms with Gasteiger partial charge in [-0.2, -0.15) is 0 Å². The van der Waals surface area contributed by atoms with Crippen molar-refractivity contribution in [1.29, 1.82) is 0 Å². The van der Waals surface area contributed by atoms with E-state index in [9.17, 15) is 10.1 Å². The van der Waals surface area contributed by atoms with Crippen molar-refractivity contribution in [2.24, 2.45) is 0 Å². The fourth-order valence-electron chi connectivity index (χ4n) is 3.56. The van der Waals surface area contributed by atoms with E-state index in [-0.39, 0.29) is 10.6 Å². The van der Waals surface area contributed by atoms with Gasteiger partial charge in [0.15, 0.2) is 0 Å². The van der Waals surface area contributed by atoms with Gasteiger partial charge in [-0.3, -0.25) is 15.0 Å². The van der Waals surface area contributed by atoms with E-state index in [1.165, 1.54) is 32.4 Å². The minimum Gasteiger partial charge on any atom is -0.308 e. The van der Waals surface area contributed by atoms with Crippen molar-refractivity contribution >= 4 is 5.69 Å². The Labute approximate surface area is 119 Å². The molecule has 0 radical (unpaired) electrons. The second-order valence-corrected chi connectivity index (χ2v) is 5.76. The smallest absolute Gasteiger partial charge is 0.273 e. The maximum Gasteiger partial charge on any atom is 0.273 e. The SMILES string of the molecule is O=[N+]([O-])c1ccccc1CNC1CCN2CCCCC12. The van der Waals surface area contributed by atoms with Crippen LogP contribution >= 0.6 is 0 Å². The summed E-state index contributed by atoms with van der Waals surface area (Å²) in [4.78, 5) is 13.3. The summed E-state index contributed by atoms with van der Waals surface area (Å²) >= 11 is 0. The molecule has 20 heavy (non-hydrogen) atoms. The topological polar surface area (TPSA) is 58.4 Å². The number of hydrogen-bond acceptors (Lipinski definition) is 4. The van der Waals surface area contributed by atoms with Gasteiger partial charge >= 0.3 is 0 Å². The quantitative estimate of drug-likeness (QED) is 0.676. The van der Waals surface area contributed by atoms with Crippen molar-refractivity contribution in [2.45, 2.75) is 44.3 Å². The van der Waals surface area contributed by atoms with E-state index < -0.39 is 0 Å². The van der Waals surface area contributed by atoms with Crippen LogP contribution in [-0.4, -0.2) is 35.0 Å². The fraction of sp³-hybridized carbons (Fsp3) is 0.600. The summed E-state index contributed by atoms with van der Waals surface area (Å²) in [5.74, 6) is 0. The van der Waals surface area contributed by atoms with Crippen LogP contribution in [0.25, 0.3) is 0 Å². The molecule has 5 nitrogen and oxygen atoms in total. The van der Waals surface area contributed by atoms with Gasteiger partial charge in [0.25, 0.3) is 5.69 Å². The molecule has 0 spiro atoms. The van der Waals surface area contributed by atoms with Crippen molar-refractivity contribution in [3.8, 4) is 0 Å². The Morgan fingerprint density at radius 3 is 2.95 bits per heavy atom. The van der Waals surface area contributed by atoms with Gasteiger partial charge in [0.2, 0.25) is 0 Å². The molecule has 1 N–H and O–H groups in total. The second-order valence-electron chi connectivity index (χ2n) is 5.76. The molecule has 0 aliphatic carbocycles. The number of para-hydroxylation sites is 1. The third-order valence-corrected chi connectivity index (χ3v) is 4.60. The first kappa shape index (κ1) is 13.5. The van der Waals surface area contributed by atoms with E-state index in [1.54, 1.807) is 12.1 Å². The highest BCUT2D eigenvalue weighted by Gasteiger charge is 2.35. The first-order chi connectivity index (χ1) is 9.75. The maximum absolute atomic E-state index is 11.0. The Morgan fingerprint density at radius 1 is 1.25 bits per heavy atom. The summed E-state index contributed by atoms with van der Waals surface area (Å²) in [5.41, 5.74) is 1.00. The highest BCUT2D eigenvalue weighted by atomic mass is 16.6. The predicted molar refractivity (Wildman–Crippen MR) is 77.6 cm³/mol. The minimum absolute atomic E-state index is 0.221. The lowest BCUT2D eigenvalue weighted by atomic mass is 9.99. The lowest BCUT2D eigenvalue weighted by molar-refractivity contribution is -0.385. The Bertz CT molecular complexity index is 492. The molecule has 2 aliphatic heterocycles. The maximum atomic E-state index is 11.0. The molecule has 1 aromatic carbocycles. The summed E-state index contributed by atoms with van der Waals surface area (Å²) in [6.45, 7) is 2.97. The molecule has 108 valence electrons. The molecule has 5 heteroatoms. The van der Waals surface area contributed by atoms with Crippen molar-refractivity contribution in [3.05, 3.63) is 39.9 Å². The highest BCUT2D eigenvalue weighted by molar-refractivity contribution is 5.39. The van der Waals surface area contributed by atoms with Gasteiger partial charge < -0.3 is 5.32 Å².